The lowest BCUT2D eigenvalue weighted by atomic mass is 10.1. The summed E-state index contributed by atoms with van der Waals surface area (Å²) in [6, 6.07) is 5.27. The molecule has 1 saturated heterocycles. The number of likely N-dealkylation sites (tertiary alicyclic amines) is 1. The van der Waals surface area contributed by atoms with Gasteiger partial charge in [0.25, 0.3) is 0 Å². The molecule has 134 valence electrons. The molecular weight excluding hydrogens is 325 g/mol. The van der Waals surface area contributed by atoms with Crippen LogP contribution in [0.3, 0.4) is 0 Å². The Balaban J connectivity index is 1.57. The van der Waals surface area contributed by atoms with Crippen molar-refractivity contribution in [2.24, 2.45) is 0 Å². The Morgan fingerprint density at radius 2 is 2.08 bits per heavy atom. The molecule has 0 unspecified atom stereocenters. The van der Waals surface area contributed by atoms with Crippen molar-refractivity contribution in [2.45, 2.75) is 38.3 Å². The SMILES string of the molecule is CC(C)c1noc([C@@H]2C[C@H](NC(=O)Nc3ccc(F)cc3)CN2C)n1. The van der Waals surface area contributed by atoms with Crippen molar-refractivity contribution >= 4 is 11.7 Å². The number of nitrogens with one attached hydrogen (secondary N) is 2. The summed E-state index contributed by atoms with van der Waals surface area (Å²) in [6.45, 7) is 4.70. The number of anilines is 1. The van der Waals surface area contributed by atoms with E-state index in [4.69, 9.17) is 4.52 Å². The third kappa shape index (κ3) is 4.14. The molecule has 1 aromatic heterocycles. The smallest absolute Gasteiger partial charge is 0.319 e. The van der Waals surface area contributed by atoms with E-state index in [-0.39, 0.29) is 29.8 Å². The number of nitrogens with zero attached hydrogens (tertiary/aromatic N) is 3. The lowest BCUT2D eigenvalue weighted by Crippen LogP contribution is -2.39. The molecule has 1 fully saturated rings. The van der Waals surface area contributed by atoms with Gasteiger partial charge in [-0.15, -0.1) is 0 Å². The Morgan fingerprint density at radius 1 is 1.36 bits per heavy atom. The van der Waals surface area contributed by atoms with Gasteiger partial charge in [-0.2, -0.15) is 4.98 Å². The Morgan fingerprint density at radius 3 is 2.72 bits per heavy atom. The van der Waals surface area contributed by atoms with E-state index in [1.165, 1.54) is 24.3 Å². The first-order chi connectivity index (χ1) is 11.9. The molecule has 0 radical (unpaired) electrons. The minimum atomic E-state index is -0.341. The van der Waals surface area contributed by atoms with Crippen LogP contribution >= 0.6 is 0 Å². The minimum absolute atomic E-state index is 0.0175. The highest BCUT2D eigenvalue weighted by Crippen LogP contribution is 2.30. The third-order valence-electron chi connectivity index (χ3n) is 4.24. The summed E-state index contributed by atoms with van der Waals surface area (Å²) in [5, 5.41) is 9.62. The number of hydrogen-bond acceptors (Lipinski definition) is 5. The maximum absolute atomic E-state index is 12.9. The zero-order valence-electron chi connectivity index (χ0n) is 14.5. The molecule has 2 heterocycles. The van der Waals surface area contributed by atoms with Crippen LogP contribution in [0.2, 0.25) is 0 Å². The zero-order chi connectivity index (χ0) is 18.0. The molecule has 3 rings (SSSR count). The molecule has 2 amide bonds. The summed E-state index contributed by atoms with van der Waals surface area (Å²) < 4.78 is 18.3. The van der Waals surface area contributed by atoms with E-state index in [9.17, 15) is 9.18 Å². The highest BCUT2D eigenvalue weighted by Gasteiger charge is 2.35. The van der Waals surface area contributed by atoms with Crippen molar-refractivity contribution in [2.75, 3.05) is 18.9 Å². The lowest BCUT2D eigenvalue weighted by molar-refractivity contribution is 0.243. The molecule has 1 aliphatic heterocycles. The molecule has 25 heavy (non-hydrogen) atoms. The molecule has 0 aliphatic carbocycles. The number of aromatic nitrogens is 2. The molecule has 0 bridgehead atoms. The molecule has 2 atom stereocenters. The van der Waals surface area contributed by atoms with Gasteiger partial charge in [-0.25, -0.2) is 9.18 Å². The van der Waals surface area contributed by atoms with E-state index in [1.807, 2.05) is 20.9 Å². The van der Waals surface area contributed by atoms with Crippen LogP contribution in [0.5, 0.6) is 0 Å². The Bertz CT molecular complexity index is 731. The molecule has 8 heteroatoms. The Kier molecular flexibility index (Phi) is 4.98. The van der Waals surface area contributed by atoms with Crippen molar-refractivity contribution in [3.8, 4) is 0 Å². The normalized spacial score (nSPS) is 20.8. The van der Waals surface area contributed by atoms with Gasteiger partial charge in [-0.05, 0) is 37.7 Å². The van der Waals surface area contributed by atoms with Gasteiger partial charge in [-0.3, -0.25) is 4.90 Å². The minimum Gasteiger partial charge on any atom is -0.338 e. The van der Waals surface area contributed by atoms with Crippen molar-refractivity contribution in [3.63, 3.8) is 0 Å². The zero-order valence-corrected chi connectivity index (χ0v) is 14.5. The summed E-state index contributed by atoms with van der Waals surface area (Å²) >= 11 is 0. The second kappa shape index (κ2) is 7.18. The van der Waals surface area contributed by atoms with Crippen LogP contribution in [0.1, 0.15) is 43.9 Å². The Hall–Kier alpha value is -2.48. The van der Waals surface area contributed by atoms with Crippen molar-refractivity contribution in [3.05, 3.63) is 41.8 Å². The van der Waals surface area contributed by atoms with E-state index in [0.717, 1.165) is 0 Å². The van der Waals surface area contributed by atoms with Gasteiger partial charge in [0.15, 0.2) is 5.82 Å². The van der Waals surface area contributed by atoms with E-state index in [2.05, 4.69) is 25.7 Å². The topological polar surface area (TPSA) is 83.3 Å². The molecule has 7 nitrogen and oxygen atoms in total. The molecule has 1 aromatic carbocycles. The number of benzene rings is 1. The van der Waals surface area contributed by atoms with Crippen LogP contribution in [-0.4, -0.2) is 40.7 Å². The van der Waals surface area contributed by atoms with Crippen LogP contribution in [0.15, 0.2) is 28.8 Å². The number of carbonyl (C=O) groups is 1. The summed E-state index contributed by atoms with van der Waals surface area (Å²) in [4.78, 5) is 18.6. The van der Waals surface area contributed by atoms with E-state index in [0.29, 0.717) is 30.4 Å². The van der Waals surface area contributed by atoms with E-state index >= 15 is 0 Å². The first kappa shape index (κ1) is 17.3. The third-order valence-corrected chi connectivity index (χ3v) is 4.24. The van der Waals surface area contributed by atoms with Crippen LogP contribution in [-0.2, 0) is 0 Å². The van der Waals surface area contributed by atoms with E-state index in [1.54, 1.807) is 0 Å². The first-order valence-electron chi connectivity index (χ1n) is 8.29. The van der Waals surface area contributed by atoms with Gasteiger partial charge in [-0.1, -0.05) is 19.0 Å². The number of amides is 2. The van der Waals surface area contributed by atoms with Crippen molar-refractivity contribution < 1.29 is 13.7 Å². The maximum atomic E-state index is 12.9. The molecule has 2 aromatic rings. The summed E-state index contributed by atoms with van der Waals surface area (Å²) in [5.41, 5.74) is 0.542. The molecule has 0 saturated carbocycles. The molecule has 0 spiro atoms. The van der Waals surface area contributed by atoms with Crippen LogP contribution < -0.4 is 10.6 Å². The van der Waals surface area contributed by atoms with Crippen LogP contribution in [0, 0.1) is 5.82 Å². The number of hydrogen-bond donors (Lipinski definition) is 2. The second-order valence-electron chi connectivity index (χ2n) is 6.64. The molecule has 1 aliphatic rings. The predicted octanol–water partition coefficient (Wildman–Crippen LogP) is 2.90. The van der Waals surface area contributed by atoms with Crippen LogP contribution in [0.4, 0.5) is 14.9 Å². The quantitative estimate of drug-likeness (QED) is 0.888. The Labute approximate surface area is 145 Å². The fourth-order valence-corrected chi connectivity index (χ4v) is 2.90. The standard InChI is InChI=1S/C17H22FN5O2/c1-10(2)15-21-16(25-22-15)14-8-13(9-23(14)3)20-17(24)19-12-6-4-11(18)5-7-12/h4-7,10,13-14H,8-9H2,1-3H3,(H2,19,20,24)/t13-,14-/m0/s1. The van der Waals surface area contributed by atoms with Crippen molar-refractivity contribution in [1.29, 1.82) is 0 Å². The second-order valence-corrected chi connectivity index (χ2v) is 6.64. The summed E-state index contributed by atoms with van der Waals surface area (Å²) in [6.07, 6.45) is 0.688. The number of urea groups is 1. The summed E-state index contributed by atoms with van der Waals surface area (Å²) in [5.74, 6) is 1.13. The van der Waals surface area contributed by atoms with Gasteiger partial charge in [0.2, 0.25) is 5.89 Å². The average Bonchev–Trinajstić information content (AvgIpc) is 3.16. The summed E-state index contributed by atoms with van der Waals surface area (Å²) in [7, 11) is 1.96. The fourth-order valence-electron chi connectivity index (χ4n) is 2.90. The monoisotopic (exact) mass is 347 g/mol. The maximum Gasteiger partial charge on any atom is 0.319 e. The molecule has 2 N–H and O–H groups in total. The van der Waals surface area contributed by atoms with E-state index < -0.39 is 0 Å². The van der Waals surface area contributed by atoms with Gasteiger partial charge in [0, 0.05) is 24.2 Å². The number of likely N-dealkylation sites (N-methyl/N-ethyl adjacent to an activating group) is 1. The first-order valence-corrected chi connectivity index (χ1v) is 8.29. The lowest BCUT2D eigenvalue weighted by Gasteiger charge is -2.14. The van der Waals surface area contributed by atoms with Gasteiger partial charge >= 0.3 is 6.03 Å². The highest BCUT2D eigenvalue weighted by atomic mass is 19.1. The highest BCUT2D eigenvalue weighted by molar-refractivity contribution is 5.89. The van der Waals surface area contributed by atoms with Crippen molar-refractivity contribution in [1.82, 2.24) is 20.4 Å². The number of rotatable bonds is 4. The van der Waals surface area contributed by atoms with Crippen LogP contribution in [0.25, 0.3) is 0 Å². The average molecular weight is 347 g/mol. The largest absolute Gasteiger partial charge is 0.338 e. The van der Waals surface area contributed by atoms with Gasteiger partial charge < -0.3 is 15.2 Å². The fraction of sp³-hybridized carbons (Fsp3) is 0.471. The number of carbonyl (C=O) groups excluding carboxylic acids is 1. The van der Waals surface area contributed by atoms with Gasteiger partial charge in [0.05, 0.1) is 6.04 Å². The number of halogens is 1. The molecular formula is C17H22FN5O2. The van der Waals surface area contributed by atoms with Gasteiger partial charge in [0.1, 0.15) is 5.82 Å². The predicted molar refractivity (Wildman–Crippen MR) is 90.7 cm³/mol.